The molecule has 0 aliphatic heterocycles. The van der Waals surface area contributed by atoms with Crippen LogP contribution >= 0.6 is 34.2 Å². The Kier molecular flexibility index (Phi) is 2.22. The first kappa shape index (κ1) is 9.58. The molecule has 0 aromatic carbocycles. The van der Waals surface area contributed by atoms with Crippen LogP contribution in [0, 0.1) is 3.70 Å². The van der Waals surface area contributed by atoms with E-state index < -0.39 is 11.8 Å². The van der Waals surface area contributed by atoms with Gasteiger partial charge >= 0.3 is 0 Å². The van der Waals surface area contributed by atoms with Gasteiger partial charge in [-0.3, -0.25) is 0 Å². The van der Waals surface area contributed by atoms with Gasteiger partial charge in [-0.25, -0.2) is 13.8 Å². The first-order chi connectivity index (χ1) is 6.00. The average molecular weight is 315 g/mol. The first-order valence-corrected chi connectivity index (χ1v) is 5.15. The molecule has 1 aromatic heterocycles. The summed E-state index contributed by atoms with van der Waals surface area (Å²) in [5.41, 5.74) is 0.537. The Balaban J connectivity index is 2.29. The van der Waals surface area contributed by atoms with Crippen molar-refractivity contribution >= 4 is 34.2 Å². The monoisotopic (exact) mass is 315 g/mol. The number of alkyl halides is 2. The van der Waals surface area contributed by atoms with Crippen LogP contribution in [0.4, 0.5) is 8.78 Å². The van der Waals surface area contributed by atoms with Crippen LogP contribution in [0.25, 0.3) is 0 Å². The second-order valence-corrected chi connectivity index (χ2v) is 4.49. The van der Waals surface area contributed by atoms with E-state index in [0.717, 1.165) is 0 Å². The molecular weight excluding hydrogens is 310 g/mol. The summed E-state index contributed by atoms with van der Waals surface area (Å²) in [4.78, 5) is 3.93. The minimum absolute atomic E-state index is 0.0778. The maximum Gasteiger partial charge on any atom is 0.255 e. The van der Waals surface area contributed by atoms with Crippen molar-refractivity contribution in [3.63, 3.8) is 0 Å². The minimum atomic E-state index is -2.54. The van der Waals surface area contributed by atoms with E-state index in [0.29, 0.717) is 14.3 Å². The predicted molar refractivity (Wildman–Crippen MR) is 54.3 cm³/mol. The molecule has 0 N–H and O–H groups in total. The molecule has 1 unspecified atom stereocenters. The molecule has 1 aromatic rings. The van der Waals surface area contributed by atoms with Crippen molar-refractivity contribution in [3.8, 4) is 0 Å². The van der Waals surface area contributed by atoms with Crippen molar-refractivity contribution in [2.24, 2.45) is 0 Å². The van der Waals surface area contributed by atoms with Gasteiger partial charge in [0.2, 0.25) is 0 Å². The van der Waals surface area contributed by atoms with Crippen LogP contribution in [-0.4, -0.2) is 10.9 Å². The molecule has 0 saturated heterocycles. The lowest BCUT2D eigenvalue weighted by molar-refractivity contribution is 0.112. The summed E-state index contributed by atoms with van der Waals surface area (Å²) in [7, 11) is 0. The first-order valence-electron chi connectivity index (χ1n) is 3.69. The summed E-state index contributed by atoms with van der Waals surface area (Å²) in [5.74, 6) is -3.22. The minimum Gasteiger partial charge on any atom is -0.248 e. The van der Waals surface area contributed by atoms with Crippen molar-refractivity contribution < 1.29 is 8.78 Å². The highest BCUT2D eigenvalue weighted by atomic mass is 127. The quantitative estimate of drug-likeness (QED) is 0.571. The van der Waals surface area contributed by atoms with Crippen molar-refractivity contribution in [2.75, 3.05) is 0 Å². The van der Waals surface area contributed by atoms with Crippen LogP contribution in [0.15, 0.2) is 12.3 Å². The third kappa shape index (κ3) is 1.79. The standard InChI is InChI=1S/C8H5ClF2IN/c9-6-1-4(3-13-7(6)12)5-2-8(5,10)11/h1,3,5H,2H2. The molecule has 13 heavy (non-hydrogen) atoms. The molecule has 1 atom stereocenters. The third-order valence-electron chi connectivity index (χ3n) is 2.05. The number of hydrogen-bond donors (Lipinski definition) is 0. The Morgan fingerprint density at radius 3 is 2.69 bits per heavy atom. The molecule has 1 aliphatic carbocycles. The molecule has 1 saturated carbocycles. The highest BCUT2D eigenvalue weighted by Crippen LogP contribution is 2.55. The van der Waals surface area contributed by atoms with Crippen LogP contribution in [0.3, 0.4) is 0 Å². The van der Waals surface area contributed by atoms with Crippen LogP contribution in [0.1, 0.15) is 17.9 Å². The smallest absolute Gasteiger partial charge is 0.248 e. The summed E-state index contributed by atoms with van der Waals surface area (Å²) >= 11 is 7.73. The van der Waals surface area contributed by atoms with Crippen LogP contribution in [-0.2, 0) is 0 Å². The van der Waals surface area contributed by atoms with Gasteiger partial charge in [-0.05, 0) is 34.2 Å². The lowest BCUT2D eigenvalue weighted by Gasteiger charge is -2.00. The molecule has 0 spiro atoms. The number of halogens is 4. The summed E-state index contributed by atoms with van der Waals surface area (Å²) in [6, 6.07) is 1.57. The number of rotatable bonds is 1. The Morgan fingerprint density at radius 1 is 1.62 bits per heavy atom. The molecule has 1 nitrogen and oxygen atoms in total. The summed E-state index contributed by atoms with van der Waals surface area (Å²) < 4.78 is 25.9. The predicted octanol–water partition coefficient (Wildman–Crippen LogP) is 3.46. The van der Waals surface area contributed by atoms with Crippen molar-refractivity contribution in [2.45, 2.75) is 18.3 Å². The van der Waals surface area contributed by atoms with Gasteiger partial charge in [0.05, 0.1) is 10.9 Å². The molecule has 0 bridgehead atoms. The fraction of sp³-hybridized carbons (Fsp3) is 0.375. The fourth-order valence-corrected chi connectivity index (χ4v) is 1.67. The SMILES string of the molecule is FC1(F)CC1c1cnc(I)c(Cl)c1. The topological polar surface area (TPSA) is 12.9 Å². The van der Waals surface area contributed by atoms with Crippen LogP contribution in [0.5, 0.6) is 0 Å². The molecule has 1 aliphatic rings. The lowest BCUT2D eigenvalue weighted by Crippen LogP contribution is -1.94. The van der Waals surface area contributed by atoms with Gasteiger partial charge in [0, 0.05) is 12.6 Å². The van der Waals surface area contributed by atoms with Crippen molar-refractivity contribution in [1.29, 1.82) is 0 Å². The Morgan fingerprint density at radius 2 is 2.23 bits per heavy atom. The molecule has 5 heteroatoms. The van der Waals surface area contributed by atoms with Crippen LogP contribution < -0.4 is 0 Å². The van der Waals surface area contributed by atoms with Crippen LogP contribution in [0.2, 0.25) is 5.02 Å². The highest BCUT2D eigenvalue weighted by Gasteiger charge is 2.57. The second kappa shape index (κ2) is 3.02. The summed E-state index contributed by atoms with van der Waals surface area (Å²) in [6.45, 7) is 0. The van der Waals surface area contributed by atoms with Gasteiger partial charge in [-0.15, -0.1) is 0 Å². The van der Waals surface area contributed by atoms with Gasteiger partial charge in [0.25, 0.3) is 5.92 Å². The Labute approximate surface area is 92.6 Å². The molecule has 0 radical (unpaired) electrons. The fourth-order valence-electron chi connectivity index (χ4n) is 1.20. The zero-order chi connectivity index (χ0) is 9.64. The van der Waals surface area contributed by atoms with E-state index in [1.54, 1.807) is 6.07 Å². The Bertz CT molecular complexity index is 356. The van der Waals surface area contributed by atoms with E-state index in [4.69, 9.17) is 11.6 Å². The second-order valence-electron chi connectivity index (χ2n) is 3.06. The summed E-state index contributed by atoms with van der Waals surface area (Å²) in [6.07, 6.45) is 1.39. The maximum atomic E-state index is 12.6. The van der Waals surface area contributed by atoms with E-state index in [-0.39, 0.29) is 6.42 Å². The largest absolute Gasteiger partial charge is 0.255 e. The van der Waals surface area contributed by atoms with Gasteiger partial charge in [0.15, 0.2) is 0 Å². The number of nitrogens with zero attached hydrogens (tertiary/aromatic N) is 1. The molecule has 2 rings (SSSR count). The molecular formula is C8H5ClF2IN. The van der Waals surface area contributed by atoms with Gasteiger partial charge < -0.3 is 0 Å². The zero-order valence-electron chi connectivity index (χ0n) is 6.40. The molecule has 1 heterocycles. The van der Waals surface area contributed by atoms with E-state index in [1.807, 2.05) is 22.6 Å². The third-order valence-corrected chi connectivity index (χ3v) is 3.51. The zero-order valence-corrected chi connectivity index (χ0v) is 9.31. The molecule has 1 fully saturated rings. The van der Waals surface area contributed by atoms with E-state index in [2.05, 4.69) is 4.98 Å². The Hall–Kier alpha value is 0.0300. The van der Waals surface area contributed by atoms with Crippen molar-refractivity contribution in [1.82, 2.24) is 4.98 Å². The summed E-state index contributed by atoms with van der Waals surface area (Å²) in [5, 5.41) is 0.445. The van der Waals surface area contributed by atoms with Gasteiger partial charge in [-0.1, -0.05) is 11.6 Å². The van der Waals surface area contributed by atoms with E-state index >= 15 is 0 Å². The normalized spacial score (nSPS) is 24.5. The van der Waals surface area contributed by atoms with E-state index in [9.17, 15) is 8.78 Å². The van der Waals surface area contributed by atoms with Crippen molar-refractivity contribution in [3.05, 3.63) is 26.5 Å². The lowest BCUT2D eigenvalue weighted by atomic mass is 10.2. The number of pyridine rings is 1. The number of hydrogen-bond acceptors (Lipinski definition) is 1. The average Bonchev–Trinajstić information content (AvgIpc) is 2.66. The molecule has 0 amide bonds. The van der Waals surface area contributed by atoms with Gasteiger partial charge in [0.1, 0.15) is 3.70 Å². The van der Waals surface area contributed by atoms with E-state index in [1.165, 1.54) is 6.20 Å². The molecule has 70 valence electrons. The highest BCUT2D eigenvalue weighted by molar-refractivity contribution is 14.1. The maximum absolute atomic E-state index is 12.6. The number of aromatic nitrogens is 1. The van der Waals surface area contributed by atoms with Gasteiger partial charge in [-0.2, -0.15) is 0 Å².